The molecule has 1 heterocycles. The minimum absolute atomic E-state index is 0.127. The molecule has 0 aliphatic carbocycles. The molecule has 4 nitrogen and oxygen atoms in total. The molecule has 2 aromatic carbocycles. The summed E-state index contributed by atoms with van der Waals surface area (Å²) in [5.41, 5.74) is 1.38. The normalized spacial score (nSPS) is 11.7. The summed E-state index contributed by atoms with van der Waals surface area (Å²) >= 11 is 1.16. The quantitative estimate of drug-likeness (QED) is 0.659. The summed E-state index contributed by atoms with van der Waals surface area (Å²) in [5.74, 6) is 0.127. The molecular formula is C16H13F3N4S. The van der Waals surface area contributed by atoms with E-state index in [9.17, 15) is 13.2 Å². The van der Waals surface area contributed by atoms with Gasteiger partial charge in [0.25, 0.3) is 0 Å². The molecule has 1 aromatic heterocycles. The van der Waals surface area contributed by atoms with Crippen LogP contribution in [0.4, 0.5) is 13.2 Å². The maximum absolute atomic E-state index is 13.0. The first-order valence-corrected chi connectivity index (χ1v) is 8.07. The first-order valence-electron chi connectivity index (χ1n) is 7.08. The Balaban J connectivity index is 1.84. The van der Waals surface area contributed by atoms with E-state index in [0.717, 1.165) is 29.1 Å². The molecule has 3 aromatic rings. The van der Waals surface area contributed by atoms with Gasteiger partial charge in [-0.1, -0.05) is 42.1 Å². The van der Waals surface area contributed by atoms with Crippen LogP contribution in [0, 0.1) is 6.92 Å². The third-order valence-electron chi connectivity index (χ3n) is 3.37. The van der Waals surface area contributed by atoms with Gasteiger partial charge in [0.15, 0.2) is 0 Å². The summed E-state index contributed by atoms with van der Waals surface area (Å²) < 4.78 is 40.7. The predicted octanol–water partition coefficient (Wildman–Crippen LogP) is 4.28. The molecular weight excluding hydrogens is 337 g/mol. The van der Waals surface area contributed by atoms with E-state index in [1.165, 1.54) is 16.8 Å². The molecule has 24 heavy (non-hydrogen) atoms. The lowest BCUT2D eigenvalue weighted by atomic mass is 10.1. The van der Waals surface area contributed by atoms with E-state index >= 15 is 0 Å². The molecule has 0 amide bonds. The predicted molar refractivity (Wildman–Crippen MR) is 84.9 cm³/mol. The molecule has 3 rings (SSSR count). The largest absolute Gasteiger partial charge is 0.416 e. The molecule has 124 valence electrons. The summed E-state index contributed by atoms with van der Waals surface area (Å²) in [7, 11) is 0. The maximum atomic E-state index is 13.0. The fourth-order valence-electron chi connectivity index (χ4n) is 2.26. The Labute approximate surface area is 140 Å². The van der Waals surface area contributed by atoms with Crippen molar-refractivity contribution in [1.82, 2.24) is 20.2 Å². The van der Waals surface area contributed by atoms with Crippen LogP contribution in [0.2, 0.25) is 0 Å². The van der Waals surface area contributed by atoms with Gasteiger partial charge in [0, 0.05) is 5.75 Å². The Kier molecular flexibility index (Phi) is 4.57. The zero-order valence-corrected chi connectivity index (χ0v) is 13.5. The molecule has 0 fully saturated rings. The summed E-state index contributed by atoms with van der Waals surface area (Å²) in [6.45, 7) is 1.94. The van der Waals surface area contributed by atoms with Crippen LogP contribution < -0.4 is 0 Å². The number of benzene rings is 2. The van der Waals surface area contributed by atoms with Crippen LogP contribution in [0.25, 0.3) is 5.69 Å². The topological polar surface area (TPSA) is 43.6 Å². The second kappa shape index (κ2) is 6.64. The average Bonchev–Trinajstić information content (AvgIpc) is 3.01. The first kappa shape index (κ1) is 16.5. The van der Waals surface area contributed by atoms with Gasteiger partial charge >= 0.3 is 6.18 Å². The Morgan fingerprint density at radius 1 is 1.08 bits per heavy atom. The fraction of sp³-hybridized carbons (Fsp3) is 0.188. The molecule has 0 saturated heterocycles. The van der Waals surface area contributed by atoms with Crippen LogP contribution in [-0.4, -0.2) is 20.2 Å². The lowest BCUT2D eigenvalue weighted by molar-refractivity contribution is -0.138. The van der Waals surface area contributed by atoms with Crippen molar-refractivity contribution in [2.45, 2.75) is 24.0 Å². The maximum Gasteiger partial charge on any atom is 0.416 e. The molecule has 8 heteroatoms. The highest BCUT2D eigenvalue weighted by molar-refractivity contribution is 7.98. The van der Waals surface area contributed by atoms with Crippen molar-refractivity contribution in [2.75, 3.05) is 0 Å². The number of aryl methyl sites for hydroxylation is 1. The van der Waals surface area contributed by atoms with Crippen LogP contribution in [0.5, 0.6) is 0 Å². The van der Waals surface area contributed by atoms with Gasteiger partial charge in [0.05, 0.1) is 11.3 Å². The molecule has 0 aliphatic heterocycles. The lowest BCUT2D eigenvalue weighted by Gasteiger charge is -2.12. The molecule has 0 N–H and O–H groups in total. The van der Waals surface area contributed by atoms with Crippen molar-refractivity contribution in [2.24, 2.45) is 0 Å². The number of aromatic nitrogens is 4. The number of thioether (sulfide) groups is 1. The van der Waals surface area contributed by atoms with Crippen LogP contribution in [-0.2, 0) is 11.9 Å². The second-order valence-corrected chi connectivity index (χ2v) is 6.10. The lowest BCUT2D eigenvalue weighted by Crippen LogP contribution is -2.08. The number of halogens is 3. The number of tetrazole rings is 1. The van der Waals surface area contributed by atoms with Crippen molar-refractivity contribution < 1.29 is 13.2 Å². The van der Waals surface area contributed by atoms with E-state index in [1.54, 1.807) is 6.07 Å². The van der Waals surface area contributed by atoms with Gasteiger partial charge in [-0.15, -0.1) is 5.10 Å². The van der Waals surface area contributed by atoms with Crippen molar-refractivity contribution in [3.8, 4) is 5.69 Å². The monoisotopic (exact) mass is 350 g/mol. The standard InChI is InChI=1S/C16H13F3N4S/c1-11-5-4-7-13(9-11)23-15(20-21-22-23)24-10-12-6-2-3-8-14(12)16(17,18)19/h2-9H,10H2,1H3. The Bertz CT molecular complexity index is 845. The average molecular weight is 350 g/mol. The Morgan fingerprint density at radius 3 is 2.62 bits per heavy atom. The van der Waals surface area contributed by atoms with Crippen molar-refractivity contribution in [3.63, 3.8) is 0 Å². The summed E-state index contributed by atoms with van der Waals surface area (Å²) in [4.78, 5) is 0. The molecule has 0 bridgehead atoms. The zero-order valence-electron chi connectivity index (χ0n) is 12.7. The van der Waals surface area contributed by atoms with E-state index in [2.05, 4.69) is 15.5 Å². The van der Waals surface area contributed by atoms with E-state index < -0.39 is 11.7 Å². The summed E-state index contributed by atoms with van der Waals surface area (Å²) in [6, 6.07) is 13.1. The van der Waals surface area contributed by atoms with Crippen molar-refractivity contribution in [3.05, 3.63) is 65.2 Å². The SMILES string of the molecule is Cc1cccc(-n2nnnc2SCc2ccccc2C(F)(F)F)c1. The van der Waals surface area contributed by atoms with E-state index in [4.69, 9.17) is 0 Å². The van der Waals surface area contributed by atoms with Crippen LogP contribution >= 0.6 is 11.8 Å². The summed E-state index contributed by atoms with van der Waals surface area (Å²) in [6.07, 6.45) is -4.38. The number of rotatable bonds is 4. The zero-order chi connectivity index (χ0) is 17.2. The highest BCUT2D eigenvalue weighted by atomic mass is 32.2. The van der Waals surface area contributed by atoms with Gasteiger partial charge in [-0.3, -0.25) is 0 Å². The number of hydrogen-bond donors (Lipinski definition) is 0. The molecule has 0 saturated carbocycles. The van der Waals surface area contributed by atoms with Gasteiger partial charge in [-0.25, -0.2) is 0 Å². The van der Waals surface area contributed by atoms with E-state index in [-0.39, 0.29) is 11.3 Å². The van der Waals surface area contributed by atoms with Crippen LogP contribution in [0.1, 0.15) is 16.7 Å². The molecule has 0 atom stereocenters. The van der Waals surface area contributed by atoms with E-state index in [0.29, 0.717) is 5.16 Å². The second-order valence-electron chi connectivity index (χ2n) is 5.16. The number of alkyl halides is 3. The summed E-state index contributed by atoms with van der Waals surface area (Å²) in [5, 5.41) is 11.9. The highest BCUT2D eigenvalue weighted by Crippen LogP contribution is 2.34. The Morgan fingerprint density at radius 2 is 1.88 bits per heavy atom. The van der Waals surface area contributed by atoms with Gasteiger partial charge in [0.1, 0.15) is 0 Å². The third kappa shape index (κ3) is 3.59. The van der Waals surface area contributed by atoms with Gasteiger partial charge in [-0.2, -0.15) is 17.9 Å². The fourth-order valence-corrected chi connectivity index (χ4v) is 3.15. The smallest absolute Gasteiger partial charge is 0.187 e. The van der Waals surface area contributed by atoms with Crippen molar-refractivity contribution >= 4 is 11.8 Å². The van der Waals surface area contributed by atoms with Gasteiger partial charge < -0.3 is 0 Å². The molecule has 0 unspecified atom stereocenters. The van der Waals surface area contributed by atoms with Crippen LogP contribution in [0.3, 0.4) is 0 Å². The third-order valence-corrected chi connectivity index (χ3v) is 4.33. The minimum Gasteiger partial charge on any atom is -0.187 e. The molecule has 0 spiro atoms. The number of nitrogens with zero attached hydrogens (tertiary/aromatic N) is 4. The first-order chi connectivity index (χ1) is 11.4. The molecule has 0 aliphatic rings. The van der Waals surface area contributed by atoms with E-state index in [1.807, 2.05) is 31.2 Å². The number of hydrogen-bond acceptors (Lipinski definition) is 4. The highest BCUT2D eigenvalue weighted by Gasteiger charge is 2.32. The Hall–Kier alpha value is -2.35. The molecule has 0 radical (unpaired) electrons. The minimum atomic E-state index is -4.38. The van der Waals surface area contributed by atoms with Gasteiger partial charge in [-0.05, 0) is 46.7 Å². The van der Waals surface area contributed by atoms with Crippen molar-refractivity contribution in [1.29, 1.82) is 0 Å². The van der Waals surface area contributed by atoms with Crippen LogP contribution in [0.15, 0.2) is 53.7 Å². The van der Waals surface area contributed by atoms with Gasteiger partial charge in [0.2, 0.25) is 5.16 Å².